The van der Waals surface area contributed by atoms with Gasteiger partial charge in [-0.15, -0.1) is 0 Å². The first-order valence-corrected chi connectivity index (χ1v) is 6.75. The van der Waals surface area contributed by atoms with Crippen molar-refractivity contribution in [3.05, 3.63) is 18.2 Å². The van der Waals surface area contributed by atoms with E-state index in [-0.39, 0.29) is 0 Å². The van der Waals surface area contributed by atoms with Crippen LogP contribution < -0.4 is 14.8 Å². The highest BCUT2D eigenvalue weighted by atomic mass is 16.5. The molecule has 1 heterocycles. The Balaban J connectivity index is 2.09. The lowest BCUT2D eigenvalue weighted by molar-refractivity contribution is -0.0337. The van der Waals surface area contributed by atoms with Gasteiger partial charge < -0.3 is 19.5 Å². The van der Waals surface area contributed by atoms with E-state index in [0.29, 0.717) is 18.2 Å². The van der Waals surface area contributed by atoms with E-state index in [0.717, 1.165) is 30.0 Å². The lowest BCUT2D eigenvalue weighted by Gasteiger charge is -2.33. The van der Waals surface area contributed by atoms with Crippen molar-refractivity contribution in [3.8, 4) is 11.5 Å². The van der Waals surface area contributed by atoms with E-state index in [9.17, 15) is 0 Å². The predicted octanol–water partition coefficient (Wildman–Crippen LogP) is 3.07. The van der Waals surface area contributed by atoms with Gasteiger partial charge in [0.25, 0.3) is 0 Å². The van der Waals surface area contributed by atoms with Gasteiger partial charge in [0.2, 0.25) is 0 Å². The fourth-order valence-corrected chi connectivity index (χ4v) is 2.65. The first-order valence-electron chi connectivity index (χ1n) is 6.75. The van der Waals surface area contributed by atoms with Crippen LogP contribution >= 0.6 is 0 Å². The molecule has 1 aliphatic heterocycles. The quantitative estimate of drug-likeness (QED) is 0.908. The Morgan fingerprint density at radius 3 is 2.00 bits per heavy atom. The second-order valence-electron chi connectivity index (χ2n) is 5.17. The van der Waals surface area contributed by atoms with Gasteiger partial charge in [-0.3, -0.25) is 0 Å². The molecule has 1 aliphatic rings. The average molecular weight is 265 g/mol. The van der Waals surface area contributed by atoms with Crippen molar-refractivity contribution in [1.29, 1.82) is 0 Å². The average Bonchev–Trinajstić information content (AvgIpc) is 2.37. The van der Waals surface area contributed by atoms with Crippen molar-refractivity contribution < 1.29 is 14.2 Å². The Morgan fingerprint density at radius 1 is 1.00 bits per heavy atom. The topological polar surface area (TPSA) is 39.7 Å². The molecule has 0 aliphatic carbocycles. The van der Waals surface area contributed by atoms with E-state index in [1.54, 1.807) is 14.2 Å². The highest BCUT2D eigenvalue weighted by Gasteiger charge is 2.24. The van der Waals surface area contributed by atoms with Crippen LogP contribution in [0.2, 0.25) is 0 Å². The third kappa shape index (κ3) is 3.77. The molecule has 0 amide bonds. The molecule has 4 nitrogen and oxygen atoms in total. The number of anilines is 1. The number of methoxy groups -OCH3 is 2. The Kier molecular flexibility index (Phi) is 4.53. The van der Waals surface area contributed by atoms with E-state index < -0.39 is 0 Å². The van der Waals surface area contributed by atoms with E-state index in [1.165, 1.54) is 0 Å². The van der Waals surface area contributed by atoms with Crippen LogP contribution in [0.5, 0.6) is 11.5 Å². The van der Waals surface area contributed by atoms with Gasteiger partial charge in [0.05, 0.1) is 26.4 Å². The molecule has 0 aromatic heterocycles. The molecule has 2 atom stereocenters. The molecule has 0 spiro atoms. The van der Waals surface area contributed by atoms with Crippen LogP contribution in [0.15, 0.2) is 18.2 Å². The molecular weight excluding hydrogens is 242 g/mol. The van der Waals surface area contributed by atoms with Gasteiger partial charge in [-0.25, -0.2) is 0 Å². The molecule has 1 N–H and O–H groups in total. The summed E-state index contributed by atoms with van der Waals surface area (Å²) in [5.74, 6) is 1.60. The Labute approximate surface area is 115 Å². The zero-order chi connectivity index (χ0) is 13.8. The summed E-state index contributed by atoms with van der Waals surface area (Å²) in [5, 5.41) is 3.55. The van der Waals surface area contributed by atoms with Gasteiger partial charge in [0.1, 0.15) is 11.5 Å². The molecule has 0 saturated carbocycles. The first kappa shape index (κ1) is 14.0. The van der Waals surface area contributed by atoms with Crippen molar-refractivity contribution in [2.45, 2.75) is 44.9 Å². The summed E-state index contributed by atoms with van der Waals surface area (Å²) < 4.78 is 16.3. The van der Waals surface area contributed by atoms with Crippen LogP contribution in [0.4, 0.5) is 5.69 Å². The van der Waals surface area contributed by atoms with Crippen LogP contribution in [-0.4, -0.2) is 32.5 Å². The highest BCUT2D eigenvalue weighted by Crippen LogP contribution is 2.28. The second-order valence-corrected chi connectivity index (χ2v) is 5.17. The molecule has 19 heavy (non-hydrogen) atoms. The fourth-order valence-electron chi connectivity index (χ4n) is 2.65. The van der Waals surface area contributed by atoms with Crippen LogP contribution in [0.25, 0.3) is 0 Å². The van der Waals surface area contributed by atoms with Gasteiger partial charge >= 0.3 is 0 Å². The summed E-state index contributed by atoms with van der Waals surface area (Å²) in [6.45, 7) is 4.24. The van der Waals surface area contributed by atoms with Crippen molar-refractivity contribution >= 4 is 5.69 Å². The van der Waals surface area contributed by atoms with Crippen LogP contribution in [0, 0.1) is 0 Å². The molecule has 1 fully saturated rings. The number of ether oxygens (including phenoxy) is 3. The maximum Gasteiger partial charge on any atom is 0.124 e. The SMILES string of the molecule is COc1cc(NC2CC(C)OC(C)C2)cc(OC)c1. The molecular formula is C15H23NO3. The van der Waals surface area contributed by atoms with Crippen molar-refractivity contribution in [2.75, 3.05) is 19.5 Å². The maximum atomic E-state index is 5.75. The summed E-state index contributed by atoms with van der Waals surface area (Å²) in [6.07, 6.45) is 2.63. The Bertz CT molecular complexity index is 390. The minimum atomic E-state index is 0.300. The summed E-state index contributed by atoms with van der Waals surface area (Å²) in [4.78, 5) is 0. The summed E-state index contributed by atoms with van der Waals surface area (Å²) in [7, 11) is 3.33. The fraction of sp³-hybridized carbons (Fsp3) is 0.600. The van der Waals surface area contributed by atoms with Gasteiger partial charge in [0.15, 0.2) is 0 Å². The van der Waals surface area contributed by atoms with Crippen LogP contribution in [0.1, 0.15) is 26.7 Å². The lowest BCUT2D eigenvalue weighted by atomic mass is 9.99. The minimum Gasteiger partial charge on any atom is -0.497 e. The van der Waals surface area contributed by atoms with E-state index in [1.807, 2.05) is 18.2 Å². The zero-order valence-electron chi connectivity index (χ0n) is 12.1. The largest absolute Gasteiger partial charge is 0.497 e. The number of benzene rings is 1. The standard InChI is InChI=1S/C15H23NO3/c1-10-5-12(6-11(2)19-10)16-13-7-14(17-3)9-15(8-13)18-4/h7-12,16H,5-6H2,1-4H3. The molecule has 4 heteroatoms. The van der Waals surface area contributed by atoms with Crippen LogP contribution in [0.3, 0.4) is 0 Å². The van der Waals surface area contributed by atoms with Crippen molar-refractivity contribution in [3.63, 3.8) is 0 Å². The Morgan fingerprint density at radius 2 is 1.53 bits per heavy atom. The molecule has 106 valence electrons. The van der Waals surface area contributed by atoms with Gasteiger partial charge in [-0.2, -0.15) is 0 Å². The number of hydrogen-bond acceptors (Lipinski definition) is 4. The van der Waals surface area contributed by atoms with E-state index in [4.69, 9.17) is 14.2 Å². The molecule has 0 bridgehead atoms. The number of rotatable bonds is 4. The molecule has 1 aromatic carbocycles. The van der Waals surface area contributed by atoms with Gasteiger partial charge in [-0.05, 0) is 26.7 Å². The van der Waals surface area contributed by atoms with E-state index >= 15 is 0 Å². The third-order valence-electron chi connectivity index (χ3n) is 3.42. The van der Waals surface area contributed by atoms with Crippen LogP contribution in [-0.2, 0) is 4.74 Å². The maximum absolute atomic E-state index is 5.75. The normalized spacial score (nSPS) is 26.8. The van der Waals surface area contributed by atoms with Gasteiger partial charge in [-0.1, -0.05) is 0 Å². The van der Waals surface area contributed by atoms with Crippen molar-refractivity contribution in [1.82, 2.24) is 0 Å². The summed E-state index contributed by atoms with van der Waals surface area (Å²) in [5.41, 5.74) is 1.03. The molecule has 2 unspecified atom stereocenters. The highest BCUT2D eigenvalue weighted by molar-refractivity contribution is 5.54. The molecule has 2 rings (SSSR count). The van der Waals surface area contributed by atoms with Crippen molar-refractivity contribution in [2.24, 2.45) is 0 Å². The second kappa shape index (κ2) is 6.15. The summed E-state index contributed by atoms with van der Waals surface area (Å²) in [6, 6.07) is 6.29. The first-order chi connectivity index (χ1) is 9.10. The Hall–Kier alpha value is -1.42. The molecule has 0 radical (unpaired) electrons. The lowest BCUT2D eigenvalue weighted by Crippen LogP contribution is -2.36. The minimum absolute atomic E-state index is 0.300. The summed E-state index contributed by atoms with van der Waals surface area (Å²) >= 11 is 0. The number of hydrogen-bond donors (Lipinski definition) is 1. The molecule has 1 aromatic rings. The predicted molar refractivity (Wildman–Crippen MR) is 76.2 cm³/mol. The smallest absolute Gasteiger partial charge is 0.124 e. The monoisotopic (exact) mass is 265 g/mol. The molecule has 1 saturated heterocycles. The van der Waals surface area contributed by atoms with Gasteiger partial charge in [0, 0.05) is 29.9 Å². The third-order valence-corrected chi connectivity index (χ3v) is 3.42. The number of nitrogens with one attached hydrogen (secondary N) is 1. The van der Waals surface area contributed by atoms with E-state index in [2.05, 4.69) is 19.2 Å². The zero-order valence-corrected chi connectivity index (χ0v) is 12.1.